The van der Waals surface area contributed by atoms with E-state index in [0.717, 1.165) is 14.5 Å². The molecule has 0 aliphatic heterocycles. The van der Waals surface area contributed by atoms with Crippen LogP contribution in [-0.2, 0) is 6.42 Å². The molecule has 0 N–H and O–H groups in total. The molecule has 0 saturated carbocycles. The van der Waals surface area contributed by atoms with Gasteiger partial charge >= 0.3 is 0 Å². The summed E-state index contributed by atoms with van der Waals surface area (Å²) in [6.45, 7) is -0.0327. The Morgan fingerprint density at radius 3 is 2.69 bits per heavy atom. The molecule has 0 aliphatic carbocycles. The molecule has 13 heavy (non-hydrogen) atoms. The van der Waals surface area contributed by atoms with Crippen molar-refractivity contribution in [3.63, 3.8) is 0 Å². The maximum Gasteiger partial charge on any atom is 0.207 e. The normalized spacial score (nSPS) is 10.0. The second-order valence-electron chi connectivity index (χ2n) is 2.52. The molecule has 70 valence electrons. The minimum Gasteiger partial charge on any atom is -0.265 e. The predicted octanol–water partition coefficient (Wildman–Crippen LogP) is 3.03. The number of benzene rings is 1. The molecule has 1 rings (SSSR count). The first-order valence-electron chi connectivity index (χ1n) is 3.66. The quantitative estimate of drug-likeness (QED) is 0.636. The van der Waals surface area contributed by atoms with E-state index in [1.165, 1.54) is 0 Å². The minimum absolute atomic E-state index is 0.0327. The van der Waals surface area contributed by atoms with E-state index in [2.05, 4.69) is 31.9 Å². The third-order valence-corrected chi connectivity index (χ3v) is 3.72. The number of nitro groups is 1. The summed E-state index contributed by atoms with van der Waals surface area (Å²) in [5, 5.41) is 10.1. The number of rotatable bonds is 3. The zero-order chi connectivity index (χ0) is 9.84. The fraction of sp³-hybridized carbons (Fsp3) is 0.250. The van der Waals surface area contributed by atoms with Crippen LogP contribution >= 0.6 is 31.9 Å². The van der Waals surface area contributed by atoms with E-state index in [0.29, 0.717) is 6.42 Å². The van der Waals surface area contributed by atoms with Crippen molar-refractivity contribution in [2.75, 3.05) is 6.54 Å². The molecule has 0 unspecified atom stereocenters. The topological polar surface area (TPSA) is 43.1 Å². The first-order chi connectivity index (χ1) is 6.11. The van der Waals surface area contributed by atoms with Crippen molar-refractivity contribution < 1.29 is 4.92 Å². The summed E-state index contributed by atoms with van der Waals surface area (Å²) in [4.78, 5) is 9.84. The highest BCUT2D eigenvalue weighted by Crippen LogP contribution is 2.26. The Morgan fingerprint density at radius 1 is 1.38 bits per heavy atom. The van der Waals surface area contributed by atoms with Crippen LogP contribution in [0, 0.1) is 10.1 Å². The van der Waals surface area contributed by atoms with Crippen molar-refractivity contribution in [2.24, 2.45) is 0 Å². The summed E-state index contributed by atoms with van der Waals surface area (Å²) in [5.74, 6) is 0. The lowest BCUT2D eigenvalue weighted by atomic mass is 10.1. The summed E-state index contributed by atoms with van der Waals surface area (Å²) in [7, 11) is 0. The summed E-state index contributed by atoms with van der Waals surface area (Å²) >= 11 is 6.70. The number of hydrogen-bond acceptors (Lipinski definition) is 2. The van der Waals surface area contributed by atoms with Gasteiger partial charge in [0.2, 0.25) is 6.54 Å². The van der Waals surface area contributed by atoms with Gasteiger partial charge in [-0.15, -0.1) is 0 Å². The molecule has 1 aromatic carbocycles. The maximum atomic E-state index is 10.1. The fourth-order valence-corrected chi connectivity index (χ4v) is 1.82. The van der Waals surface area contributed by atoms with Gasteiger partial charge in [-0.1, -0.05) is 12.1 Å². The van der Waals surface area contributed by atoms with Crippen molar-refractivity contribution >= 4 is 31.9 Å². The zero-order valence-corrected chi connectivity index (χ0v) is 9.84. The minimum atomic E-state index is -0.312. The van der Waals surface area contributed by atoms with Gasteiger partial charge in [0.15, 0.2) is 0 Å². The van der Waals surface area contributed by atoms with Crippen LogP contribution in [0.25, 0.3) is 0 Å². The number of nitrogens with zero attached hydrogens (tertiary/aromatic N) is 1. The Balaban J connectivity index is 2.77. The van der Waals surface area contributed by atoms with Crippen LogP contribution in [0.15, 0.2) is 27.1 Å². The average molecular weight is 309 g/mol. The van der Waals surface area contributed by atoms with Gasteiger partial charge in [-0.3, -0.25) is 10.1 Å². The molecule has 5 heteroatoms. The van der Waals surface area contributed by atoms with Gasteiger partial charge in [0.05, 0.1) is 0 Å². The molecule has 0 aliphatic rings. The number of hydrogen-bond donors (Lipinski definition) is 0. The van der Waals surface area contributed by atoms with Crippen LogP contribution in [0.2, 0.25) is 0 Å². The molecule has 0 heterocycles. The second-order valence-corrected chi connectivity index (χ2v) is 4.17. The van der Waals surface area contributed by atoms with E-state index in [4.69, 9.17) is 0 Å². The van der Waals surface area contributed by atoms with Gasteiger partial charge in [0, 0.05) is 20.3 Å². The highest BCUT2D eigenvalue weighted by atomic mass is 79.9. The van der Waals surface area contributed by atoms with E-state index in [1.54, 1.807) is 0 Å². The molecule has 0 spiro atoms. The summed E-state index contributed by atoms with van der Waals surface area (Å²) < 4.78 is 1.82. The van der Waals surface area contributed by atoms with E-state index in [-0.39, 0.29) is 11.5 Å². The molecule has 0 saturated heterocycles. The SMILES string of the molecule is O=[N+]([O-])CCc1cccc(Br)c1Br. The van der Waals surface area contributed by atoms with Crippen molar-refractivity contribution in [1.29, 1.82) is 0 Å². The van der Waals surface area contributed by atoms with Crippen LogP contribution in [0.4, 0.5) is 0 Å². The summed E-state index contributed by atoms with van der Waals surface area (Å²) in [6, 6.07) is 5.63. The highest BCUT2D eigenvalue weighted by molar-refractivity contribution is 9.13. The van der Waals surface area contributed by atoms with Crippen molar-refractivity contribution in [2.45, 2.75) is 6.42 Å². The highest BCUT2D eigenvalue weighted by Gasteiger charge is 2.05. The van der Waals surface area contributed by atoms with Crippen LogP contribution in [0.3, 0.4) is 0 Å². The first-order valence-corrected chi connectivity index (χ1v) is 5.24. The average Bonchev–Trinajstić information content (AvgIpc) is 2.07. The molecular weight excluding hydrogens is 302 g/mol. The van der Waals surface area contributed by atoms with Gasteiger partial charge in [-0.2, -0.15) is 0 Å². The molecule has 3 nitrogen and oxygen atoms in total. The molecule has 0 aromatic heterocycles. The first kappa shape index (κ1) is 10.7. The van der Waals surface area contributed by atoms with E-state index < -0.39 is 0 Å². The van der Waals surface area contributed by atoms with Crippen molar-refractivity contribution in [3.05, 3.63) is 42.8 Å². The van der Waals surface area contributed by atoms with E-state index in [9.17, 15) is 10.1 Å². The molecule has 0 radical (unpaired) electrons. The van der Waals surface area contributed by atoms with Crippen molar-refractivity contribution in [3.8, 4) is 0 Å². The van der Waals surface area contributed by atoms with Gasteiger partial charge in [-0.25, -0.2) is 0 Å². The molecule has 1 aromatic rings. The smallest absolute Gasteiger partial charge is 0.207 e. The molecular formula is C8H7Br2NO2. The lowest BCUT2D eigenvalue weighted by Crippen LogP contribution is -2.04. The largest absolute Gasteiger partial charge is 0.265 e. The van der Waals surface area contributed by atoms with Gasteiger partial charge in [-0.05, 0) is 43.5 Å². The Labute approximate surface area is 92.5 Å². The Kier molecular flexibility index (Phi) is 3.87. The van der Waals surface area contributed by atoms with Crippen LogP contribution < -0.4 is 0 Å². The standard InChI is InChI=1S/C8H7Br2NO2/c9-7-3-1-2-6(8(7)10)4-5-11(12)13/h1-3H,4-5H2. The van der Waals surface area contributed by atoms with E-state index >= 15 is 0 Å². The van der Waals surface area contributed by atoms with Gasteiger partial charge in [0.25, 0.3) is 0 Å². The van der Waals surface area contributed by atoms with Crippen LogP contribution in [0.5, 0.6) is 0 Å². The lowest BCUT2D eigenvalue weighted by molar-refractivity contribution is -0.479. The lowest BCUT2D eigenvalue weighted by Gasteiger charge is -2.02. The van der Waals surface area contributed by atoms with Gasteiger partial charge < -0.3 is 0 Å². The third-order valence-electron chi connectivity index (χ3n) is 1.60. The Hall–Kier alpha value is -0.420. The predicted molar refractivity (Wildman–Crippen MR) is 57.4 cm³/mol. The molecule has 0 amide bonds. The van der Waals surface area contributed by atoms with E-state index in [1.807, 2.05) is 18.2 Å². The molecule has 0 fully saturated rings. The van der Waals surface area contributed by atoms with Gasteiger partial charge in [0.1, 0.15) is 0 Å². The van der Waals surface area contributed by atoms with Crippen LogP contribution in [0.1, 0.15) is 5.56 Å². The third kappa shape index (κ3) is 3.08. The Morgan fingerprint density at radius 2 is 2.08 bits per heavy atom. The molecule has 0 atom stereocenters. The summed E-state index contributed by atoms with van der Waals surface area (Å²) in [6.07, 6.45) is 0.451. The molecule has 0 bridgehead atoms. The maximum absolute atomic E-state index is 10.1. The van der Waals surface area contributed by atoms with Crippen LogP contribution in [-0.4, -0.2) is 11.5 Å². The fourth-order valence-electron chi connectivity index (χ4n) is 0.953. The Bertz CT molecular complexity index is 328. The van der Waals surface area contributed by atoms with Crippen molar-refractivity contribution in [1.82, 2.24) is 0 Å². The second kappa shape index (κ2) is 4.72. The monoisotopic (exact) mass is 307 g/mol. The summed E-state index contributed by atoms with van der Waals surface area (Å²) in [5.41, 5.74) is 0.950. The zero-order valence-electron chi connectivity index (χ0n) is 6.67. The number of halogens is 2.